The summed E-state index contributed by atoms with van der Waals surface area (Å²) < 4.78 is 0. The average Bonchev–Trinajstić information content (AvgIpc) is 2.48. The zero-order chi connectivity index (χ0) is 14.5. The highest BCUT2D eigenvalue weighted by Crippen LogP contribution is 2.24. The summed E-state index contributed by atoms with van der Waals surface area (Å²) >= 11 is 6.08. The van der Waals surface area contributed by atoms with Crippen LogP contribution in [0.15, 0.2) is 23.3 Å². The smallest absolute Gasteiger partial charge is 0.0696 e. The van der Waals surface area contributed by atoms with Crippen molar-refractivity contribution in [2.24, 2.45) is 5.10 Å². The van der Waals surface area contributed by atoms with Gasteiger partial charge in [-0.05, 0) is 37.5 Å². The van der Waals surface area contributed by atoms with Gasteiger partial charge in [0.2, 0.25) is 0 Å². The fraction of sp³-hybridized carbons (Fsp3) is 0.562. The summed E-state index contributed by atoms with van der Waals surface area (Å²) in [5.74, 6) is 0. The highest BCUT2D eigenvalue weighted by molar-refractivity contribution is 6.31. The molecule has 0 saturated heterocycles. The van der Waals surface area contributed by atoms with Gasteiger partial charge in [-0.1, -0.05) is 37.8 Å². The third-order valence-electron chi connectivity index (χ3n) is 4.04. The highest BCUT2D eigenvalue weighted by atomic mass is 35.5. The summed E-state index contributed by atoms with van der Waals surface area (Å²) in [6.45, 7) is 2.11. The van der Waals surface area contributed by atoms with Crippen LogP contribution in [0.25, 0.3) is 0 Å². The number of nitrogens with zero attached hydrogens (tertiary/aromatic N) is 2. The molecule has 4 heteroatoms. The van der Waals surface area contributed by atoms with Crippen LogP contribution < -0.4 is 5.73 Å². The van der Waals surface area contributed by atoms with Crippen LogP contribution in [0.2, 0.25) is 5.02 Å². The van der Waals surface area contributed by atoms with Crippen LogP contribution in [-0.2, 0) is 0 Å². The molecule has 1 aliphatic carbocycles. The number of anilines is 1. The molecule has 0 amide bonds. The number of hydrazone groups is 1. The van der Waals surface area contributed by atoms with Gasteiger partial charge >= 0.3 is 0 Å². The molecule has 0 atom stereocenters. The topological polar surface area (TPSA) is 41.6 Å². The number of hydrogen-bond donors (Lipinski definition) is 1. The van der Waals surface area contributed by atoms with E-state index in [2.05, 4.69) is 19.0 Å². The van der Waals surface area contributed by atoms with Crippen LogP contribution in [0, 0.1) is 0 Å². The molecule has 0 unspecified atom stereocenters. The monoisotopic (exact) mass is 293 g/mol. The fourth-order valence-corrected chi connectivity index (χ4v) is 2.99. The first-order chi connectivity index (χ1) is 9.61. The maximum atomic E-state index is 6.08. The molecule has 0 aliphatic heterocycles. The Hall–Kier alpha value is -1.22. The van der Waals surface area contributed by atoms with Crippen molar-refractivity contribution in [2.75, 3.05) is 12.8 Å². The minimum absolute atomic E-state index is 0.561. The molecule has 2 N–H and O–H groups in total. The van der Waals surface area contributed by atoms with Crippen LogP contribution in [0.5, 0.6) is 0 Å². The first-order valence-electron chi connectivity index (χ1n) is 7.47. The molecule has 0 radical (unpaired) electrons. The molecular weight excluding hydrogens is 270 g/mol. The summed E-state index contributed by atoms with van der Waals surface area (Å²) in [4.78, 5) is 0. The molecule has 1 saturated carbocycles. The highest BCUT2D eigenvalue weighted by Gasteiger charge is 2.18. The largest absolute Gasteiger partial charge is 0.398 e. The van der Waals surface area contributed by atoms with Crippen molar-refractivity contribution in [2.45, 2.75) is 51.5 Å². The standard InChI is InChI=1S/C16H24ClN3/c1-3-16(14-11-12(17)9-10-15(14)18)19-20(2)13-7-5-4-6-8-13/h9-11,13H,3-8,18H2,1-2H3/b19-16+. The van der Waals surface area contributed by atoms with Crippen LogP contribution in [0.3, 0.4) is 0 Å². The van der Waals surface area contributed by atoms with Gasteiger partial charge in [0, 0.05) is 29.4 Å². The lowest BCUT2D eigenvalue weighted by Crippen LogP contribution is -2.30. The second kappa shape index (κ2) is 6.98. The Labute approximate surface area is 126 Å². The summed E-state index contributed by atoms with van der Waals surface area (Å²) in [5, 5.41) is 7.63. The molecule has 1 aromatic rings. The molecule has 20 heavy (non-hydrogen) atoms. The van der Waals surface area contributed by atoms with E-state index < -0.39 is 0 Å². The minimum Gasteiger partial charge on any atom is -0.398 e. The van der Waals surface area contributed by atoms with Crippen molar-refractivity contribution in [3.8, 4) is 0 Å². The molecular formula is C16H24ClN3. The van der Waals surface area contributed by atoms with Gasteiger partial charge in [0.15, 0.2) is 0 Å². The summed E-state index contributed by atoms with van der Waals surface area (Å²) in [6, 6.07) is 6.14. The number of nitrogen functional groups attached to an aromatic ring is 1. The summed E-state index contributed by atoms with van der Waals surface area (Å²) in [7, 11) is 2.08. The Morgan fingerprint density at radius 1 is 1.35 bits per heavy atom. The number of hydrogen-bond acceptors (Lipinski definition) is 3. The van der Waals surface area contributed by atoms with Crippen molar-refractivity contribution in [1.82, 2.24) is 5.01 Å². The van der Waals surface area contributed by atoms with E-state index in [-0.39, 0.29) is 0 Å². The Balaban J connectivity index is 2.21. The average molecular weight is 294 g/mol. The first kappa shape index (κ1) is 15.2. The van der Waals surface area contributed by atoms with Crippen molar-refractivity contribution >= 4 is 23.0 Å². The number of halogens is 1. The number of benzene rings is 1. The van der Waals surface area contributed by atoms with Crippen LogP contribution in [-0.4, -0.2) is 23.8 Å². The van der Waals surface area contributed by atoms with Crippen molar-refractivity contribution < 1.29 is 0 Å². The lowest BCUT2D eigenvalue weighted by Gasteiger charge is -2.29. The lowest BCUT2D eigenvalue weighted by molar-refractivity contribution is 0.199. The van der Waals surface area contributed by atoms with Gasteiger partial charge in [0.1, 0.15) is 0 Å². The molecule has 0 heterocycles. The predicted molar refractivity (Wildman–Crippen MR) is 87.3 cm³/mol. The van der Waals surface area contributed by atoms with Gasteiger partial charge in [-0.15, -0.1) is 0 Å². The van der Waals surface area contributed by atoms with E-state index in [9.17, 15) is 0 Å². The molecule has 1 aromatic carbocycles. The molecule has 3 nitrogen and oxygen atoms in total. The summed E-state index contributed by atoms with van der Waals surface area (Å²) in [6.07, 6.45) is 7.30. The first-order valence-corrected chi connectivity index (χ1v) is 7.85. The van der Waals surface area contributed by atoms with E-state index in [0.717, 1.165) is 23.4 Å². The van der Waals surface area contributed by atoms with E-state index in [1.165, 1.54) is 32.1 Å². The SMILES string of the molecule is CC/C(=N\N(C)C1CCCCC1)c1cc(Cl)ccc1N. The van der Waals surface area contributed by atoms with Gasteiger partial charge in [-0.3, -0.25) is 5.01 Å². The summed E-state index contributed by atoms with van der Waals surface area (Å²) in [5.41, 5.74) is 8.78. The number of rotatable bonds is 4. The lowest BCUT2D eigenvalue weighted by atomic mass is 9.95. The normalized spacial score (nSPS) is 17.2. The quantitative estimate of drug-likeness (QED) is 0.511. The molecule has 1 aliphatic rings. The second-order valence-electron chi connectivity index (χ2n) is 5.50. The molecule has 1 fully saturated rings. The third kappa shape index (κ3) is 3.66. The predicted octanol–water partition coefficient (Wildman–Crippen LogP) is 4.30. The van der Waals surface area contributed by atoms with Crippen LogP contribution >= 0.6 is 11.6 Å². The Kier molecular flexibility index (Phi) is 5.30. The molecule has 110 valence electrons. The van der Waals surface area contributed by atoms with E-state index in [0.29, 0.717) is 11.1 Å². The van der Waals surface area contributed by atoms with Crippen molar-refractivity contribution in [3.63, 3.8) is 0 Å². The van der Waals surface area contributed by atoms with Crippen LogP contribution in [0.1, 0.15) is 51.0 Å². The number of nitrogens with two attached hydrogens (primary N) is 1. The van der Waals surface area contributed by atoms with Gasteiger partial charge in [0.25, 0.3) is 0 Å². The third-order valence-corrected chi connectivity index (χ3v) is 4.28. The molecule has 0 bridgehead atoms. The minimum atomic E-state index is 0.561. The van der Waals surface area contributed by atoms with E-state index in [1.54, 1.807) is 0 Å². The van der Waals surface area contributed by atoms with E-state index in [1.807, 2.05) is 18.2 Å². The fourth-order valence-electron chi connectivity index (χ4n) is 2.82. The van der Waals surface area contributed by atoms with Crippen molar-refractivity contribution in [1.29, 1.82) is 0 Å². The molecule has 0 spiro atoms. The van der Waals surface area contributed by atoms with Crippen molar-refractivity contribution in [3.05, 3.63) is 28.8 Å². The maximum Gasteiger partial charge on any atom is 0.0696 e. The van der Waals surface area contributed by atoms with Crippen LogP contribution in [0.4, 0.5) is 5.69 Å². The van der Waals surface area contributed by atoms with Gasteiger partial charge in [-0.2, -0.15) is 5.10 Å². The van der Waals surface area contributed by atoms with Gasteiger partial charge in [0.05, 0.1) is 5.71 Å². The van der Waals surface area contributed by atoms with Gasteiger partial charge < -0.3 is 5.73 Å². The second-order valence-corrected chi connectivity index (χ2v) is 5.93. The molecule has 0 aromatic heterocycles. The Bertz CT molecular complexity index is 479. The van der Waals surface area contributed by atoms with Gasteiger partial charge in [-0.25, -0.2) is 0 Å². The zero-order valence-corrected chi connectivity index (χ0v) is 13.2. The maximum absolute atomic E-state index is 6.08. The van der Waals surface area contributed by atoms with E-state index in [4.69, 9.17) is 22.4 Å². The molecule has 2 rings (SSSR count). The Morgan fingerprint density at radius 3 is 2.70 bits per heavy atom. The van der Waals surface area contributed by atoms with E-state index >= 15 is 0 Å². The zero-order valence-electron chi connectivity index (χ0n) is 12.4. The Morgan fingerprint density at radius 2 is 2.05 bits per heavy atom.